The monoisotopic (exact) mass is 494 g/mol. The van der Waals surface area contributed by atoms with Gasteiger partial charge >= 0.3 is 0 Å². The number of imide groups is 1. The number of hydrogen-bond acceptors (Lipinski definition) is 12. The maximum atomic E-state index is 13.3. The molecule has 0 spiro atoms. The number of methoxy groups -OCH3 is 4. The Labute approximate surface area is 205 Å². The summed E-state index contributed by atoms with van der Waals surface area (Å²) in [4.78, 5) is 31.9. The largest absolute Gasteiger partial charge is 0.497 e. The molecule has 2 amide bonds. The van der Waals surface area contributed by atoms with Gasteiger partial charge in [-0.15, -0.1) is 0 Å². The molecular formula is C23H22N6O7. The molecule has 1 saturated heterocycles. The summed E-state index contributed by atoms with van der Waals surface area (Å²) < 4.78 is 26.5. The molecule has 1 fully saturated rings. The van der Waals surface area contributed by atoms with Gasteiger partial charge in [0.1, 0.15) is 29.5 Å². The van der Waals surface area contributed by atoms with Crippen LogP contribution in [0, 0.1) is 0 Å². The first-order valence-corrected chi connectivity index (χ1v) is 10.8. The maximum absolute atomic E-state index is 13.3. The Bertz CT molecular complexity index is 1330. The van der Waals surface area contributed by atoms with E-state index >= 15 is 0 Å². The molecule has 0 N–H and O–H groups in total. The Hall–Kier alpha value is -4.68. The van der Waals surface area contributed by atoms with Gasteiger partial charge < -0.3 is 23.5 Å². The molecule has 0 unspecified atom stereocenters. The van der Waals surface area contributed by atoms with Crippen molar-refractivity contribution in [2.24, 2.45) is 10.3 Å². The van der Waals surface area contributed by atoms with Crippen LogP contribution in [0.4, 0.5) is 5.69 Å². The number of rotatable bonds is 8. The summed E-state index contributed by atoms with van der Waals surface area (Å²) in [5.41, 5.74) is 0.914. The summed E-state index contributed by atoms with van der Waals surface area (Å²) in [7, 11) is 6.05. The number of ether oxygens (including phenoxy) is 4. The smallest absolute Gasteiger partial charge is 0.263 e. The van der Waals surface area contributed by atoms with Crippen molar-refractivity contribution >= 4 is 17.5 Å². The van der Waals surface area contributed by atoms with Gasteiger partial charge in [0.2, 0.25) is 11.7 Å². The number of aromatic nitrogens is 2. The van der Waals surface area contributed by atoms with Crippen molar-refractivity contribution in [2.45, 2.75) is 18.6 Å². The summed E-state index contributed by atoms with van der Waals surface area (Å²) in [6.45, 7) is -0.0234. The standard InChI is InChI=1S/C23H22N6O7/c1-32-13-5-6-16(17(10-13)35-4)21-24-18(36-26-21)11-28-20-19(25-27-28)22(30)29(23(20)31)12-7-14(33-2)9-15(8-12)34-3/h5-10,19-20H,11H2,1-4H3/t19-,20-/m1/s1. The van der Waals surface area contributed by atoms with E-state index in [1.165, 1.54) is 26.3 Å². The van der Waals surface area contributed by atoms with Gasteiger partial charge in [-0.2, -0.15) is 10.1 Å². The fourth-order valence-corrected chi connectivity index (χ4v) is 4.08. The molecule has 1 aromatic heterocycles. The lowest BCUT2D eigenvalue weighted by Crippen LogP contribution is -2.39. The number of anilines is 1. The summed E-state index contributed by atoms with van der Waals surface area (Å²) in [6.07, 6.45) is 0. The average Bonchev–Trinajstić information content (AvgIpc) is 3.60. The van der Waals surface area contributed by atoms with Crippen LogP contribution in [0.1, 0.15) is 5.89 Å². The molecule has 5 rings (SSSR count). The molecule has 2 aliphatic rings. The molecule has 3 aromatic rings. The highest BCUT2D eigenvalue weighted by atomic mass is 16.5. The minimum Gasteiger partial charge on any atom is -0.497 e. The van der Waals surface area contributed by atoms with Crippen molar-refractivity contribution in [2.75, 3.05) is 33.3 Å². The molecule has 0 bridgehead atoms. The molecule has 0 aliphatic carbocycles. The Balaban J connectivity index is 1.37. The molecule has 3 heterocycles. The van der Waals surface area contributed by atoms with Crippen LogP contribution in [0.2, 0.25) is 0 Å². The lowest BCUT2D eigenvalue weighted by molar-refractivity contribution is -0.123. The highest BCUT2D eigenvalue weighted by Crippen LogP contribution is 2.36. The maximum Gasteiger partial charge on any atom is 0.263 e. The Kier molecular flexibility index (Phi) is 5.88. The van der Waals surface area contributed by atoms with Gasteiger partial charge in [-0.25, -0.2) is 4.90 Å². The number of carbonyl (C=O) groups is 2. The minimum absolute atomic E-state index is 0.0234. The SMILES string of the molecule is COc1cc(OC)cc(N2C(=O)[C@@H]3N=NN(Cc4nc(-c5ccc(OC)cc5OC)no4)[C@H]3C2=O)c1. The van der Waals surface area contributed by atoms with Crippen molar-refractivity contribution in [1.29, 1.82) is 0 Å². The number of nitrogens with zero attached hydrogens (tertiary/aromatic N) is 6. The topological polar surface area (TPSA) is 141 Å². The van der Waals surface area contributed by atoms with E-state index in [2.05, 4.69) is 20.5 Å². The van der Waals surface area contributed by atoms with Gasteiger partial charge in [0.15, 0.2) is 12.1 Å². The molecule has 36 heavy (non-hydrogen) atoms. The van der Waals surface area contributed by atoms with Crippen LogP contribution in [0.15, 0.2) is 51.3 Å². The van der Waals surface area contributed by atoms with E-state index in [1.807, 2.05) is 0 Å². The highest BCUT2D eigenvalue weighted by molar-refractivity contribution is 6.25. The van der Waals surface area contributed by atoms with Crippen LogP contribution in [0.5, 0.6) is 23.0 Å². The zero-order valence-electron chi connectivity index (χ0n) is 19.9. The molecule has 13 nitrogen and oxygen atoms in total. The molecule has 0 saturated carbocycles. The molecule has 186 valence electrons. The number of amides is 2. The minimum atomic E-state index is -0.987. The van der Waals surface area contributed by atoms with E-state index in [0.29, 0.717) is 34.2 Å². The van der Waals surface area contributed by atoms with Crippen LogP contribution < -0.4 is 23.8 Å². The normalized spacial score (nSPS) is 18.6. The van der Waals surface area contributed by atoms with Gasteiger partial charge in [0.05, 0.1) is 39.7 Å². The van der Waals surface area contributed by atoms with E-state index in [-0.39, 0.29) is 18.3 Å². The van der Waals surface area contributed by atoms with Gasteiger partial charge in [-0.3, -0.25) is 14.6 Å². The van der Waals surface area contributed by atoms with E-state index < -0.39 is 23.9 Å². The summed E-state index contributed by atoms with van der Waals surface area (Å²) in [6, 6.07) is 8.07. The third-order valence-electron chi connectivity index (χ3n) is 5.87. The predicted molar refractivity (Wildman–Crippen MR) is 123 cm³/mol. The Morgan fingerprint density at radius 2 is 1.61 bits per heavy atom. The van der Waals surface area contributed by atoms with E-state index in [0.717, 1.165) is 4.90 Å². The molecule has 2 atom stereocenters. The first-order valence-electron chi connectivity index (χ1n) is 10.8. The van der Waals surface area contributed by atoms with Crippen molar-refractivity contribution in [1.82, 2.24) is 15.1 Å². The molecular weight excluding hydrogens is 472 g/mol. The number of hydrogen-bond donors (Lipinski definition) is 0. The molecule has 2 aromatic carbocycles. The molecule has 13 heteroatoms. The predicted octanol–water partition coefficient (Wildman–Crippen LogP) is 2.26. The van der Waals surface area contributed by atoms with Crippen molar-refractivity contribution < 1.29 is 33.1 Å². The van der Waals surface area contributed by atoms with Crippen molar-refractivity contribution in [3.8, 4) is 34.4 Å². The second kappa shape index (κ2) is 9.17. The lowest BCUT2D eigenvalue weighted by Gasteiger charge is -2.20. The summed E-state index contributed by atoms with van der Waals surface area (Å²) in [5.74, 6) is 1.48. The molecule has 0 radical (unpaired) electrons. The fraction of sp³-hybridized carbons (Fsp3) is 0.304. The molecule has 2 aliphatic heterocycles. The van der Waals surface area contributed by atoms with E-state index in [1.54, 1.807) is 43.5 Å². The highest BCUT2D eigenvalue weighted by Gasteiger charge is 2.55. The average molecular weight is 494 g/mol. The van der Waals surface area contributed by atoms with Gasteiger partial charge in [-0.05, 0) is 12.1 Å². The first kappa shape index (κ1) is 23.1. The van der Waals surface area contributed by atoms with Crippen LogP contribution in [0.3, 0.4) is 0 Å². The van der Waals surface area contributed by atoms with Gasteiger partial charge in [0, 0.05) is 24.3 Å². The third-order valence-corrected chi connectivity index (χ3v) is 5.87. The third kappa shape index (κ3) is 3.83. The van der Waals surface area contributed by atoms with Gasteiger partial charge in [0.25, 0.3) is 11.8 Å². The second-order valence-electron chi connectivity index (χ2n) is 7.85. The Morgan fingerprint density at radius 1 is 0.889 bits per heavy atom. The zero-order valence-corrected chi connectivity index (χ0v) is 19.9. The van der Waals surface area contributed by atoms with Crippen LogP contribution in [0.25, 0.3) is 11.4 Å². The van der Waals surface area contributed by atoms with E-state index in [4.69, 9.17) is 23.5 Å². The quantitative estimate of drug-likeness (QED) is 0.428. The lowest BCUT2D eigenvalue weighted by atomic mass is 10.1. The summed E-state index contributed by atoms with van der Waals surface area (Å²) >= 11 is 0. The van der Waals surface area contributed by atoms with Gasteiger partial charge in [-0.1, -0.05) is 10.4 Å². The number of carbonyl (C=O) groups excluding carboxylic acids is 2. The number of benzene rings is 2. The van der Waals surface area contributed by atoms with Crippen molar-refractivity contribution in [3.05, 3.63) is 42.3 Å². The zero-order chi connectivity index (χ0) is 25.4. The summed E-state index contributed by atoms with van der Waals surface area (Å²) in [5, 5.41) is 13.4. The number of fused-ring (bicyclic) bond motifs is 1. The fourth-order valence-electron chi connectivity index (χ4n) is 4.08. The van der Waals surface area contributed by atoms with Crippen LogP contribution in [-0.2, 0) is 16.1 Å². The second-order valence-corrected chi connectivity index (χ2v) is 7.85. The van der Waals surface area contributed by atoms with Crippen LogP contribution in [-0.4, -0.2) is 67.5 Å². The first-order chi connectivity index (χ1) is 17.5. The Morgan fingerprint density at radius 3 is 2.28 bits per heavy atom. The van der Waals surface area contributed by atoms with Crippen molar-refractivity contribution in [3.63, 3.8) is 0 Å². The van der Waals surface area contributed by atoms with E-state index in [9.17, 15) is 9.59 Å². The van der Waals surface area contributed by atoms with Crippen LogP contribution >= 0.6 is 0 Å².